The third kappa shape index (κ3) is 4.44. The van der Waals surface area contributed by atoms with E-state index in [2.05, 4.69) is 0 Å². The van der Waals surface area contributed by atoms with E-state index in [4.69, 9.17) is 9.88 Å². The number of carbonyl (C=O) groups excluding carboxylic acids is 1. The molecule has 7 heteroatoms. The highest BCUT2D eigenvalue weighted by Crippen LogP contribution is 2.21. The zero-order valence-electron chi connectivity index (χ0n) is 12.0. The highest BCUT2D eigenvalue weighted by molar-refractivity contribution is 7.89. The van der Waals surface area contributed by atoms with Crippen LogP contribution in [0.2, 0.25) is 0 Å². The number of ether oxygens (including phenoxy) is 1. The van der Waals surface area contributed by atoms with Gasteiger partial charge in [-0.1, -0.05) is 6.07 Å². The number of hydrogen-bond acceptors (Lipinski definition) is 4. The Kier molecular flexibility index (Phi) is 4.84. The predicted octanol–water partition coefficient (Wildman–Crippen LogP) is 0.836. The molecule has 116 valence electrons. The summed E-state index contributed by atoms with van der Waals surface area (Å²) in [5, 5.41) is 5.05. The number of likely N-dealkylation sites (tertiary alicyclic amines) is 1. The summed E-state index contributed by atoms with van der Waals surface area (Å²) >= 11 is 0. The van der Waals surface area contributed by atoms with Gasteiger partial charge in [0.25, 0.3) is 5.91 Å². The van der Waals surface area contributed by atoms with Crippen molar-refractivity contribution in [3.05, 3.63) is 29.8 Å². The van der Waals surface area contributed by atoms with E-state index in [-0.39, 0.29) is 17.6 Å². The Morgan fingerprint density at radius 3 is 2.90 bits per heavy atom. The lowest BCUT2D eigenvalue weighted by Crippen LogP contribution is -2.30. The number of nitrogens with two attached hydrogens (primary N) is 1. The molecule has 0 saturated carbocycles. The van der Waals surface area contributed by atoms with Crippen molar-refractivity contribution in [2.24, 2.45) is 11.1 Å². The van der Waals surface area contributed by atoms with Crippen LogP contribution in [0.5, 0.6) is 5.75 Å². The number of carbonyl (C=O) groups is 1. The summed E-state index contributed by atoms with van der Waals surface area (Å²) in [6.07, 6.45) is 0.660. The van der Waals surface area contributed by atoms with Crippen LogP contribution >= 0.6 is 0 Å². The molecule has 1 aromatic carbocycles. The second kappa shape index (κ2) is 6.44. The van der Waals surface area contributed by atoms with E-state index in [1.165, 1.54) is 0 Å². The molecular formula is C14H20N2O4S. The molecule has 1 aliphatic heterocycles. The minimum atomic E-state index is -3.49. The molecule has 0 aliphatic carbocycles. The van der Waals surface area contributed by atoms with E-state index in [0.717, 1.165) is 0 Å². The molecule has 21 heavy (non-hydrogen) atoms. The Balaban J connectivity index is 2.03. The van der Waals surface area contributed by atoms with Crippen molar-refractivity contribution in [3.63, 3.8) is 0 Å². The second-order valence-electron chi connectivity index (χ2n) is 5.20. The Labute approximate surface area is 124 Å². The van der Waals surface area contributed by atoms with Gasteiger partial charge in [-0.25, -0.2) is 13.6 Å². The van der Waals surface area contributed by atoms with Crippen molar-refractivity contribution in [3.8, 4) is 5.75 Å². The average molecular weight is 312 g/mol. The van der Waals surface area contributed by atoms with Gasteiger partial charge >= 0.3 is 0 Å². The standard InChI is InChI=1S/C14H20N2O4S/c1-2-20-13-5-3-4-12(8-13)14(17)16-7-6-11(9-16)10-21(15,18)19/h3-5,8,11H,2,6-7,9-10H2,1H3,(H2,15,18,19). The van der Waals surface area contributed by atoms with Crippen LogP contribution in [0.4, 0.5) is 0 Å². The maximum atomic E-state index is 12.4. The fraction of sp³-hybridized carbons (Fsp3) is 0.500. The highest BCUT2D eigenvalue weighted by Gasteiger charge is 2.29. The lowest BCUT2D eigenvalue weighted by Gasteiger charge is -2.17. The maximum absolute atomic E-state index is 12.4. The fourth-order valence-electron chi connectivity index (χ4n) is 2.55. The van der Waals surface area contributed by atoms with E-state index in [0.29, 0.717) is 37.4 Å². The van der Waals surface area contributed by atoms with Crippen molar-refractivity contribution in [2.45, 2.75) is 13.3 Å². The molecule has 0 aromatic heterocycles. The Hall–Kier alpha value is -1.60. The minimum absolute atomic E-state index is 0.0736. The summed E-state index contributed by atoms with van der Waals surface area (Å²) in [6, 6.07) is 7.01. The van der Waals surface area contributed by atoms with Gasteiger partial charge in [-0.05, 0) is 37.5 Å². The molecule has 0 spiro atoms. The molecule has 1 unspecified atom stereocenters. The van der Waals surface area contributed by atoms with E-state index >= 15 is 0 Å². The Morgan fingerprint density at radius 2 is 2.24 bits per heavy atom. The summed E-state index contributed by atoms with van der Waals surface area (Å²) in [5.41, 5.74) is 0.553. The molecule has 1 aliphatic rings. The van der Waals surface area contributed by atoms with Crippen LogP contribution in [0.3, 0.4) is 0 Å². The van der Waals surface area contributed by atoms with Crippen LogP contribution in [0.25, 0.3) is 0 Å². The molecule has 1 amide bonds. The fourth-order valence-corrected chi connectivity index (χ4v) is 3.48. The lowest BCUT2D eigenvalue weighted by atomic mass is 10.1. The van der Waals surface area contributed by atoms with Gasteiger partial charge < -0.3 is 9.64 Å². The van der Waals surface area contributed by atoms with E-state index in [1.807, 2.05) is 6.92 Å². The van der Waals surface area contributed by atoms with E-state index in [9.17, 15) is 13.2 Å². The van der Waals surface area contributed by atoms with Gasteiger partial charge in [-0.3, -0.25) is 4.79 Å². The Bertz CT molecular complexity index is 615. The number of primary sulfonamides is 1. The molecule has 1 fully saturated rings. The van der Waals surface area contributed by atoms with E-state index < -0.39 is 10.0 Å². The number of rotatable bonds is 5. The molecule has 2 rings (SSSR count). The lowest BCUT2D eigenvalue weighted by molar-refractivity contribution is 0.0787. The molecule has 0 bridgehead atoms. The summed E-state index contributed by atoms with van der Waals surface area (Å²) < 4.78 is 27.6. The van der Waals surface area contributed by atoms with Crippen molar-refractivity contribution in [1.29, 1.82) is 0 Å². The predicted molar refractivity (Wildman–Crippen MR) is 79.6 cm³/mol. The zero-order valence-corrected chi connectivity index (χ0v) is 12.8. The van der Waals surface area contributed by atoms with Gasteiger partial charge in [0, 0.05) is 18.7 Å². The van der Waals surface area contributed by atoms with Crippen LogP contribution in [0, 0.1) is 5.92 Å². The van der Waals surface area contributed by atoms with Crippen LogP contribution in [0.1, 0.15) is 23.7 Å². The van der Waals surface area contributed by atoms with Crippen LogP contribution in [-0.2, 0) is 10.0 Å². The van der Waals surface area contributed by atoms with Crippen LogP contribution < -0.4 is 9.88 Å². The highest BCUT2D eigenvalue weighted by atomic mass is 32.2. The van der Waals surface area contributed by atoms with Crippen molar-refractivity contribution < 1.29 is 17.9 Å². The van der Waals surface area contributed by atoms with Crippen molar-refractivity contribution in [2.75, 3.05) is 25.4 Å². The van der Waals surface area contributed by atoms with E-state index in [1.54, 1.807) is 29.2 Å². The summed E-state index contributed by atoms with van der Waals surface area (Å²) in [7, 11) is -3.49. The van der Waals surface area contributed by atoms with Gasteiger partial charge in [0.15, 0.2) is 0 Å². The average Bonchev–Trinajstić information content (AvgIpc) is 2.85. The molecule has 0 radical (unpaired) electrons. The SMILES string of the molecule is CCOc1cccc(C(=O)N2CCC(CS(N)(=O)=O)C2)c1. The molecule has 1 atom stereocenters. The monoisotopic (exact) mass is 312 g/mol. The van der Waals surface area contributed by atoms with Gasteiger partial charge in [0.1, 0.15) is 5.75 Å². The first kappa shape index (κ1) is 15.8. The smallest absolute Gasteiger partial charge is 0.253 e. The normalized spacial score (nSPS) is 18.8. The third-order valence-corrected chi connectivity index (χ3v) is 4.37. The molecule has 1 heterocycles. The quantitative estimate of drug-likeness (QED) is 0.872. The molecule has 6 nitrogen and oxygen atoms in total. The molecule has 1 aromatic rings. The number of nitrogens with zero attached hydrogens (tertiary/aromatic N) is 1. The number of sulfonamides is 1. The Morgan fingerprint density at radius 1 is 1.48 bits per heavy atom. The summed E-state index contributed by atoms with van der Waals surface area (Å²) in [6.45, 7) is 3.40. The number of benzene rings is 1. The third-order valence-electron chi connectivity index (χ3n) is 3.43. The minimum Gasteiger partial charge on any atom is -0.494 e. The van der Waals surface area contributed by atoms with Crippen molar-refractivity contribution in [1.82, 2.24) is 4.90 Å². The number of hydrogen-bond donors (Lipinski definition) is 1. The molecule has 1 saturated heterocycles. The maximum Gasteiger partial charge on any atom is 0.253 e. The largest absolute Gasteiger partial charge is 0.494 e. The van der Waals surface area contributed by atoms with Gasteiger partial charge in [-0.15, -0.1) is 0 Å². The van der Waals surface area contributed by atoms with Crippen LogP contribution in [-0.4, -0.2) is 44.7 Å². The van der Waals surface area contributed by atoms with Gasteiger partial charge in [-0.2, -0.15) is 0 Å². The summed E-state index contributed by atoms with van der Waals surface area (Å²) in [4.78, 5) is 14.1. The molecular weight excluding hydrogens is 292 g/mol. The zero-order chi connectivity index (χ0) is 15.5. The van der Waals surface area contributed by atoms with Crippen molar-refractivity contribution >= 4 is 15.9 Å². The van der Waals surface area contributed by atoms with Gasteiger partial charge in [0.2, 0.25) is 10.0 Å². The van der Waals surface area contributed by atoms with Gasteiger partial charge in [0.05, 0.1) is 12.4 Å². The topological polar surface area (TPSA) is 89.7 Å². The first-order valence-corrected chi connectivity index (χ1v) is 8.63. The first-order valence-electron chi connectivity index (χ1n) is 6.91. The number of amides is 1. The summed E-state index contributed by atoms with van der Waals surface area (Å²) in [5.74, 6) is 0.395. The molecule has 2 N–H and O–H groups in total. The second-order valence-corrected chi connectivity index (χ2v) is 6.86. The van der Waals surface area contributed by atoms with Crippen LogP contribution in [0.15, 0.2) is 24.3 Å². The first-order chi connectivity index (χ1) is 9.89.